The monoisotopic (exact) mass is 327 g/mol. The normalized spacial score (nSPS) is 17.6. The number of rotatable bonds is 2. The van der Waals surface area contributed by atoms with E-state index in [1.165, 1.54) is 30.3 Å². The van der Waals surface area contributed by atoms with Crippen molar-refractivity contribution in [2.45, 2.75) is 17.9 Å². The molecule has 120 valence electrons. The number of carbonyl (C=O) groups excluding carboxylic acids is 1. The lowest BCUT2D eigenvalue weighted by Crippen LogP contribution is -2.66. The Hall–Kier alpha value is -2.33. The van der Waals surface area contributed by atoms with Crippen molar-refractivity contribution in [3.05, 3.63) is 35.9 Å². The predicted molar refractivity (Wildman–Crippen MR) is 58.3 cm³/mol. The highest BCUT2D eigenvalue weighted by atomic mass is 19.4. The summed E-state index contributed by atoms with van der Waals surface area (Å²) in [6.07, 6.45) is -11.6. The summed E-state index contributed by atoms with van der Waals surface area (Å²) in [6, 6.07) is 6.56. The van der Waals surface area contributed by atoms with Gasteiger partial charge < -0.3 is 4.84 Å². The Balaban J connectivity index is 2.33. The van der Waals surface area contributed by atoms with E-state index in [0.717, 1.165) is 0 Å². The molecule has 0 spiro atoms. The molecule has 0 radical (unpaired) electrons. The second kappa shape index (κ2) is 5.14. The molecular weight excluding hydrogens is 320 g/mol. The first-order valence-corrected chi connectivity index (χ1v) is 5.68. The molecule has 0 amide bonds. The molecule has 0 atom stereocenters. The van der Waals surface area contributed by atoms with E-state index in [0.29, 0.717) is 0 Å². The highest BCUT2D eigenvalue weighted by molar-refractivity contribution is 5.89. The minimum absolute atomic E-state index is 0.233. The zero-order valence-corrected chi connectivity index (χ0v) is 10.5. The van der Waals surface area contributed by atoms with Crippen molar-refractivity contribution in [2.75, 3.05) is 6.54 Å². The van der Waals surface area contributed by atoms with Crippen molar-refractivity contribution >= 4 is 5.97 Å². The van der Waals surface area contributed by atoms with Crippen LogP contribution in [0.15, 0.2) is 40.7 Å². The average molecular weight is 327 g/mol. The van der Waals surface area contributed by atoms with Crippen LogP contribution in [0.25, 0.3) is 0 Å². The van der Waals surface area contributed by atoms with Crippen molar-refractivity contribution in [1.29, 1.82) is 0 Å². The van der Waals surface area contributed by atoms with Gasteiger partial charge in [-0.2, -0.15) is 31.5 Å². The Morgan fingerprint density at radius 1 is 1.09 bits per heavy atom. The molecule has 1 heterocycles. The minimum atomic E-state index is -5.80. The van der Waals surface area contributed by atoms with Crippen molar-refractivity contribution in [3.63, 3.8) is 0 Å². The summed E-state index contributed by atoms with van der Waals surface area (Å²) in [5.41, 5.74) is -4.73. The van der Waals surface area contributed by atoms with Crippen LogP contribution in [0.4, 0.5) is 26.3 Å². The molecule has 0 aliphatic carbocycles. The number of halogens is 6. The second-order valence-electron chi connectivity index (χ2n) is 4.26. The van der Waals surface area contributed by atoms with Crippen LogP contribution in [0.3, 0.4) is 0 Å². The zero-order valence-electron chi connectivity index (χ0n) is 10.5. The topological polar surface area (TPSA) is 54.3 Å². The quantitative estimate of drug-likeness (QED) is 0.783. The summed E-state index contributed by atoms with van der Waals surface area (Å²) in [4.78, 5) is 15.8. The van der Waals surface area contributed by atoms with Crippen molar-refractivity contribution < 1.29 is 36.0 Å². The fourth-order valence-electron chi connectivity index (χ4n) is 1.69. The number of hydrogen-bond acceptors (Lipinski definition) is 5. The third-order valence-electron chi connectivity index (χ3n) is 2.89. The Morgan fingerprint density at radius 3 is 2.14 bits per heavy atom. The van der Waals surface area contributed by atoms with Gasteiger partial charge in [0.15, 0.2) is 0 Å². The van der Waals surface area contributed by atoms with E-state index in [4.69, 9.17) is 0 Å². The molecule has 5 nitrogen and oxygen atoms in total. The number of alkyl halides is 6. The second-order valence-corrected chi connectivity index (χ2v) is 4.26. The summed E-state index contributed by atoms with van der Waals surface area (Å²) in [6.45, 7) is -1.75. The molecular formula is C11H7F6N3O2. The van der Waals surface area contributed by atoms with Gasteiger partial charge in [0.1, 0.15) is 6.54 Å². The van der Waals surface area contributed by atoms with Crippen molar-refractivity contribution in [1.82, 2.24) is 5.17 Å². The number of hydrogen-bond donors (Lipinski definition) is 0. The molecule has 0 saturated carbocycles. The van der Waals surface area contributed by atoms with Crippen molar-refractivity contribution in [2.24, 2.45) is 10.3 Å². The molecule has 0 fully saturated rings. The molecule has 0 N–H and O–H groups in total. The van der Waals surface area contributed by atoms with E-state index in [9.17, 15) is 31.1 Å². The number of hydroxylamine groups is 1. The molecule has 11 heteroatoms. The fraction of sp³-hybridized carbons (Fsp3) is 0.364. The average Bonchev–Trinajstić information content (AvgIpc) is 2.83. The van der Waals surface area contributed by atoms with E-state index in [-0.39, 0.29) is 5.56 Å². The van der Waals surface area contributed by atoms with Gasteiger partial charge in [-0.25, -0.2) is 4.79 Å². The lowest BCUT2D eigenvalue weighted by molar-refractivity contribution is -0.376. The molecule has 1 aliphatic heterocycles. The Kier molecular flexibility index (Phi) is 3.75. The van der Waals surface area contributed by atoms with Crippen LogP contribution in [-0.2, 0) is 4.84 Å². The molecule has 0 aromatic heterocycles. The van der Waals surface area contributed by atoms with Crippen LogP contribution in [0.5, 0.6) is 0 Å². The van der Waals surface area contributed by atoms with Gasteiger partial charge in [-0.05, 0) is 17.4 Å². The number of nitrogens with zero attached hydrogens (tertiary/aromatic N) is 3. The number of carbonyl (C=O) groups is 1. The molecule has 0 saturated heterocycles. The van der Waals surface area contributed by atoms with Gasteiger partial charge >= 0.3 is 23.9 Å². The Bertz CT molecular complexity index is 570. The first kappa shape index (κ1) is 16.0. The highest BCUT2D eigenvalue weighted by Gasteiger charge is 2.78. The van der Waals surface area contributed by atoms with Gasteiger partial charge in [0.2, 0.25) is 0 Å². The summed E-state index contributed by atoms with van der Waals surface area (Å²) >= 11 is 0. The van der Waals surface area contributed by atoms with E-state index in [2.05, 4.69) is 15.2 Å². The van der Waals surface area contributed by atoms with Gasteiger partial charge in [0.05, 0.1) is 5.56 Å². The third kappa shape index (κ3) is 2.46. The highest BCUT2D eigenvalue weighted by Crippen LogP contribution is 2.50. The van der Waals surface area contributed by atoms with Gasteiger partial charge in [0.25, 0.3) is 0 Å². The fourth-order valence-corrected chi connectivity index (χ4v) is 1.69. The Labute approximate surface area is 119 Å². The maximum atomic E-state index is 12.9. The lowest BCUT2D eigenvalue weighted by Gasteiger charge is -2.36. The van der Waals surface area contributed by atoms with Crippen LogP contribution >= 0.6 is 0 Å². The van der Waals surface area contributed by atoms with E-state index in [1.54, 1.807) is 0 Å². The summed E-state index contributed by atoms with van der Waals surface area (Å²) in [7, 11) is 0. The maximum Gasteiger partial charge on any atom is 0.427 e. The predicted octanol–water partition coefficient (Wildman–Crippen LogP) is 3.30. The molecule has 0 bridgehead atoms. The zero-order chi connectivity index (χ0) is 16.6. The first-order chi connectivity index (χ1) is 10.1. The lowest BCUT2D eigenvalue weighted by atomic mass is 9.99. The van der Waals surface area contributed by atoms with E-state index < -0.39 is 35.6 Å². The SMILES string of the molecule is O=C(ON1N=NCC1(C(F)(F)F)C(F)(F)F)c1ccccc1. The molecule has 1 aromatic carbocycles. The molecule has 0 unspecified atom stereocenters. The maximum absolute atomic E-state index is 12.9. The standard InChI is InChI=1S/C11H7F6N3O2/c12-10(13,14)9(11(15,16)17)6-18-19-20(9)22-8(21)7-4-2-1-3-5-7/h1-5H,6H2. The van der Waals surface area contributed by atoms with Crippen LogP contribution in [0, 0.1) is 0 Å². The largest absolute Gasteiger partial charge is 0.427 e. The van der Waals surface area contributed by atoms with Crippen LogP contribution < -0.4 is 0 Å². The van der Waals surface area contributed by atoms with Crippen LogP contribution in [0.2, 0.25) is 0 Å². The molecule has 1 aliphatic rings. The first-order valence-electron chi connectivity index (χ1n) is 5.68. The van der Waals surface area contributed by atoms with E-state index >= 15 is 0 Å². The van der Waals surface area contributed by atoms with Crippen molar-refractivity contribution in [3.8, 4) is 0 Å². The van der Waals surface area contributed by atoms with Gasteiger partial charge in [-0.1, -0.05) is 23.4 Å². The van der Waals surface area contributed by atoms with E-state index in [1.807, 2.05) is 0 Å². The summed E-state index contributed by atoms with van der Waals surface area (Å²) < 4.78 is 77.7. The molecule has 2 rings (SSSR count). The van der Waals surface area contributed by atoms with Crippen LogP contribution in [0.1, 0.15) is 10.4 Å². The van der Waals surface area contributed by atoms with Gasteiger partial charge in [-0.15, -0.1) is 0 Å². The number of benzene rings is 1. The molecule has 1 aromatic rings. The summed E-state index contributed by atoms with van der Waals surface area (Å²) in [5, 5.41) is 4.56. The molecule has 22 heavy (non-hydrogen) atoms. The van der Waals surface area contributed by atoms with Gasteiger partial charge in [-0.3, -0.25) is 0 Å². The van der Waals surface area contributed by atoms with Gasteiger partial charge in [0, 0.05) is 0 Å². The smallest absolute Gasteiger partial charge is 0.316 e. The summed E-state index contributed by atoms with van der Waals surface area (Å²) in [5.74, 6) is -1.42. The third-order valence-corrected chi connectivity index (χ3v) is 2.89. The minimum Gasteiger partial charge on any atom is -0.316 e. The van der Waals surface area contributed by atoms with Crippen LogP contribution in [-0.4, -0.2) is 35.6 Å². The Morgan fingerprint density at radius 2 is 1.64 bits per heavy atom.